The number of aromatic nitrogens is 1. The molecule has 21 heavy (non-hydrogen) atoms. The third-order valence-electron chi connectivity index (χ3n) is 3.92. The van der Waals surface area contributed by atoms with E-state index in [9.17, 15) is 8.42 Å². The van der Waals surface area contributed by atoms with Gasteiger partial charge in [-0.25, -0.2) is 8.42 Å². The van der Waals surface area contributed by atoms with Crippen molar-refractivity contribution in [2.24, 2.45) is 0 Å². The van der Waals surface area contributed by atoms with Gasteiger partial charge in [-0.1, -0.05) is 35.5 Å². The Morgan fingerprint density at radius 2 is 1.95 bits per heavy atom. The van der Waals surface area contributed by atoms with Crippen LogP contribution in [0.2, 0.25) is 0 Å². The summed E-state index contributed by atoms with van der Waals surface area (Å²) in [5, 5.41) is 3.77. The molecule has 6 heteroatoms. The summed E-state index contributed by atoms with van der Waals surface area (Å²) < 4.78 is 32.5. The molecule has 0 radical (unpaired) electrons. The molecule has 1 aliphatic heterocycles. The average molecular weight is 306 g/mol. The normalized spacial score (nSPS) is 20.0. The zero-order valence-corrected chi connectivity index (χ0v) is 12.9. The van der Waals surface area contributed by atoms with Gasteiger partial charge < -0.3 is 4.52 Å². The molecule has 112 valence electrons. The van der Waals surface area contributed by atoms with Crippen LogP contribution in [-0.2, 0) is 10.0 Å². The summed E-state index contributed by atoms with van der Waals surface area (Å²) in [5.41, 5.74) is 1.46. The lowest BCUT2D eigenvalue weighted by Crippen LogP contribution is -2.31. The third kappa shape index (κ3) is 2.38. The summed E-state index contributed by atoms with van der Waals surface area (Å²) in [7, 11) is -3.58. The fourth-order valence-electron chi connectivity index (χ4n) is 3.00. The fourth-order valence-corrected chi connectivity index (χ4v) is 4.97. The minimum atomic E-state index is -3.58. The van der Waals surface area contributed by atoms with E-state index in [0.717, 1.165) is 18.4 Å². The van der Waals surface area contributed by atoms with Gasteiger partial charge >= 0.3 is 0 Å². The highest BCUT2D eigenvalue weighted by molar-refractivity contribution is 7.89. The molecule has 1 aromatic heterocycles. The lowest BCUT2D eigenvalue weighted by Gasteiger charge is -2.24. The first-order chi connectivity index (χ1) is 10.0. The van der Waals surface area contributed by atoms with Gasteiger partial charge in [-0.15, -0.1) is 0 Å². The zero-order chi connectivity index (χ0) is 15.0. The van der Waals surface area contributed by atoms with Crippen LogP contribution in [-0.4, -0.2) is 24.4 Å². The molecule has 0 aliphatic carbocycles. The zero-order valence-electron chi connectivity index (χ0n) is 12.1. The number of nitrogens with zero attached hydrogens (tertiary/aromatic N) is 2. The Morgan fingerprint density at radius 1 is 1.24 bits per heavy atom. The lowest BCUT2D eigenvalue weighted by atomic mass is 10.1. The van der Waals surface area contributed by atoms with Gasteiger partial charge in [-0.2, -0.15) is 4.31 Å². The monoisotopic (exact) mass is 306 g/mol. The molecule has 0 bridgehead atoms. The van der Waals surface area contributed by atoms with E-state index in [2.05, 4.69) is 5.16 Å². The lowest BCUT2D eigenvalue weighted by molar-refractivity contribution is 0.384. The molecule has 1 unspecified atom stereocenters. The Balaban J connectivity index is 2.03. The molecule has 1 saturated heterocycles. The maximum absolute atomic E-state index is 12.9. The second kappa shape index (κ2) is 5.27. The molecule has 3 rings (SSSR count). The van der Waals surface area contributed by atoms with E-state index < -0.39 is 10.0 Å². The predicted octanol–water partition coefficient (Wildman–Crippen LogP) is 2.82. The maximum atomic E-state index is 12.9. The molecule has 0 amide bonds. The third-order valence-corrected chi connectivity index (χ3v) is 6.08. The van der Waals surface area contributed by atoms with E-state index in [0.29, 0.717) is 18.0 Å². The first-order valence-electron chi connectivity index (χ1n) is 7.01. The van der Waals surface area contributed by atoms with Crippen LogP contribution in [0, 0.1) is 13.8 Å². The molecule has 5 nitrogen and oxygen atoms in total. The molecule has 1 aliphatic rings. The maximum Gasteiger partial charge on any atom is 0.249 e. The Kier molecular flexibility index (Phi) is 3.59. The second-order valence-electron chi connectivity index (χ2n) is 5.34. The highest BCUT2D eigenvalue weighted by Crippen LogP contribution is 2.37. The van der Waals surface area contributed by atoms with Crippen LogP contribution in [0.25, 0.3) is 0 Å². The SMILES string of the molecule is Cc1noc(C)c1S(=O)(=O)N1CCCC1c1ccccc1. The van der Waals surface area contributed by atoms with Gasteiger partial charge in [-0.05, 0) is 32.3 Å². The first kappa shape index (κ1) is 14.3. The molecule has 0 N–H and O–H groups in total. The number of hydrogen-bond acceptors (Lipinski definition) is 4. The van der Waals surface area contributed by atoms with Gasteiger partial charge in [0.15, 0.2) is 5.76 Å². The minimum Gasteiger partial charge on any atom is -0.360 e. The summed E-state index contributed by atoms with van der Waals surface area (Å²) in [4.78, 5) is 0.213. The summed E-state index contributed by atoms with van der Waals surface area (Å²) in [5.74, 6) is 0.353. The molecule has 0 saturated carbocycles. The molecular weight excluding hydrogens is 288 g/mol. The van der Waals surface area contributed by atoms with E-state index in [-0.39, 0.29) is 10.9 Å². The Hall–Kier alpha value is -1.66. The molecule has 2 aromatic rings. The Bertz CT molecular complexity index is 718. The second-order valence-corrected chi connectivity index (χ2v) is 7.17. The molecular formula is C15H18N2O3S. The summed E-state index contributed by atoms with van der Waals surface area (Å²) in [6.45, 7) is 3.84. The smallest absolute Gasteiger partial charge is 0.249 e. The average Bonchev–Trinajstić information content (AvgIpc) is 3.07. The molecule has 1 atom stereocenters. The largest absolute Gasteiger partial charge is 0.360 e. The highest BCUT2D eigenvalue weighted by Gasteiger charge is 2.39. The molecule has 0 spiro atoms. The van der Waals surface area contributed by atoms with Crippen molar-refractivity contribution < 1.29 is 12.9 Å². The fraction of sp³-hybridized carbons (Fsp3) is 0.400. The van der Waals surface area contributed by atoms with Crippen molar-refractivity contribution in [1.29, 1.82) is 0 Å². The quantitative estimate of drug-likeness (QED) is 0.874. The highest BCUT2D eigenvalue weighted by atomic mass is 32.2. The number of hydrogen-bond donors (Lipinski definition) is 0. The topological polar surface area (TPSA) is 63.4 Å². The van der Waals surface area contributed by atoms with Crippen LogP contribution in [0.1, 0.15) is 35.9 Å². The van der Waals surface area contributed by atoms with Crippen LogP contribution < -0.4 is 0 Å². The Labute approximate surface area is 124 Å². The van der Waals surface area contributed by atoms with Gasteiger partial charge in [0, 0.05) is 6.54 Å². The van der Waals surface area contributed by atoms with Crippen molar-refractivity contribution in [2.75, 3.05) is 6.54 Å². The summed E-state index contributed by atoms with van der Waals surface area (Å²) in [6.07, 6.45) is 1.70. The predicted molar refractivity (Wildman–Crippen MR) is 78.3 cm³/mol. The van der Waals surface area contributed by atoms with Crippen molar-refractivity contribution in [2.45, 2.75) is 37.6 Å². The van der Waals surface area contributed by atoms with E-state index >= 15 is 0 Å². The van der Waals surface area contributed by atoms with Crippen molar-refractivity contribution in [3.63, 3.8) is 0 Å². The van der Waals surface area contributed by atoms with Crippen molar-refractivity contribution in [3.8, 4) is 0 Å². The van der Waals surface area contributed by atoms with Gasteiger partial charge in [0.1, 0.15) is 10.6 Å². The number of rotatable bonds is 3. The number of aryl methyl sites for hydroxylation is 2. The molecule has 2 heterocycles. The molecule has 1 aromatic carbocycles. The van der Waals surface area contributed by atoms with Crippen LogP contribution in [0.4, 0.5) is 0 Å². The Morgan fingerprint density at radius 3 is 2.57 bits per heavy atom. The summed E-state index contributed by atoms with van der Waals surface area (Å²) >= 11 is 0. The first-order valence-corrected chi connectivity index (χ1v) is 8.45. The van der Waals surface area contributed by atoms with Gasteiger partial charge in [-0.3, -0.25) is 0 Å². The van der Waals surface area contributed by atoms with Crippen molar-refractivity contribution in [1.82, 2.24) is 9.46 Å². The van der Waals surface area contributed by atoms with Crippen LogP contribution in [0.3, 0.4) is 0 Å². The standard InChI is InChI=1S/C15H18N2O3S/c1-11-15(12(2)20-16-11)21(18,19)17-10-6-9-14(17)13-7-4-3-5-8-13/h3-5,7-8,14H,6,9-10H2,1-2H3. The van der Waals surface area contributed by atoms with E-state index in [1.807, 2.05) is 30.3 Å². The van der Waals surface area contributed by atoms with Crippen molar-refractivity contribution in [3.05, 3.63) is 47.3 Å². The number of sulfonamides is 1. The van der Waals surface area contributed by atoms with E-state index in [1.54, 1.807) is 18.2 Å². The number of benzene rings is 1. The van der Waals surface area contributed by atoms with Gasteiger partial charge in [0.25, 0.3) is 0 Å². The van der Waals surface area contributed by atoms with Crippen molar-refractivity contribution >= 4 is 10.0 Å². The summed E-state index contributed by atoms with van der Waals surface area (Å²) in [6, 6.07) is 9.66. The van der Waals surface area contributed by atoms with E-state index in [4.69, 9.17) is 4.52 Å². The van der Waals surface area contributed by atoms with Crippen LogP contribution in [0.15, 0.2) is 39.8 Å². The molecule has 1 fully saturated rings. The van der Waals surface area contributed by atoms with E-state index in [1.165, 1.54) is 0 Å². The van der Waals surface area contributed by atoms with Gasteiger partial charge in [0.2, 0.25) is 10.0 Å². The van der Waals surface area contributed by atoms with Crippen LogP contribution in [0.5, 0.6) is 0 Å². The van der Waals surface area contributed by atoms with Gasteiger partial charge in [0.05, 0.1) is 6.04 Å². The minimum absolute atomic E-state index is 0.107. The van der Waals surface area contributed by atoms with Crippen LogP contribution >= 0.6 is 0 Å².